The van der Waals surface area contributed by atoms with Gasteiger partial charge < -0.3 is 4.74 Å². The van der Waals surface area contributed by atoms with Gasteiger partial charge in [0.25, 0.3) is 0 Å². The summed E-state index contributed by atoms with van der Waals surface area (Å²) in [6, 6.07) is 0. The Kier molecular flexibility index (Phi) is 3.50. The zero-order chi connectivity index (χ0) is 15.3. The van der Waals surface area contributed by atoms with E-state index in [1.54, 1.807) is 4.68 Å². The third-order valence-corrected chi connectivity index (χ3v) is 6.70. The lowest BCUT2D eigenvalue weighted by Crippen LogP contribution is -2.42. The van der Waals surface area contributed by atoms with Crippen LogP contribution in [0.4, 0.5) is 0 Å². The van der Waals surface area contributed by atoms with Gasteiger partial charge in [0.2, 0.25) is 10.0 Å². The van der Waals surface area contributed by atoms with E-state index in [0.717, 1.165) is 18.7 Å². The van der Waals surface area contributed by atoms with Crippen molar-refractivity contribution < 1.29 is 13.2 Å². The van der Waals surface area contributed by atoms with Crippen molar-refractivity contribution in [3.8, 4) is 0 Å². The molecule has 0 spiro atoms. The highest BCUT2D eigenvalue weighted by Gasteiger charge is 2.40. The predicted octanol–water partition coefficient (Wildman–Crippen LogP) is 0.690. The van der Waals surface area contributed by atoms with Crippen LogP contribution in [0.25, 0.3) is 0 Å². The van der Waals surface area contributed by atoms with Crippen LogP contribution in [-0.4, -0.2) is 52.0 Å². The quantitative estimate of drug-likeness (QED) is 0.813. The molecule has 1 aromatic rings. The molecule has 2 fully saturated rings. The Labute approximate surface area is 130 Å². The summed E-state index contributed by atoms with van der Waals surface area (Å²) >= 11 is 0. The number of fused-ring (bicyclic) bond motifs is 1. The molecule has 3 aliphatic rings. The maximum atomic E-state index is 12.6. The van der Waals surface area contributed by atoms with Crippen LogP contribution >= 0.6 is 0 Å². The van der Waals surface area contributed by atoms with Gasteiger partial charge in [0.1, 0.15) is 11.6 Å². The maximum Gasteiger partial charge on any atom is 0.217 e. The molecule has 2 aliphatic heterocycles. The van der Waals surface area contributed by atoms with Gasteiger partial charge >= 0.3 is 0 Å². The Balaban J connectivity index is 1.41. The largest absolute Gasteiger partial charge is 0.374 e. The fraction of sp³-hybridized carbons (Fsp3) is 0.857. The number of nitrogens with zero attached hydrogens (tertiary/aromatic N) is 4. The molecule has 1 saturated heterocycles. The lowest BCUT2D eigenvalue weighted by atomic mass is 10.1. The molecule has 0 N–H and O–H groups in total. The SMILES string of the molecule is Cc1nc2n(n1)CCN(S(=O)(=O)CC1CCC(C3CC3)O1)C2. The Hall–Kier alpha value is -0.990. The van der Waals surface area contributed by atoms with Crippen LogP contribution in [0.1, 0.15) is 37.3 Å². The number of rotatable bonds is 4. The molecule has 22 heavy (non-hydrogen) atoms. The van der Waals surface area contributed by atoms with Crippen LogP contribution in [0.5, 0.6) is 0 Å². The Morgan fingerprint density at radius 1 is 1.23 bits per heavy atom. The number of aryl methyl sites for hydroxylation is 1. The predicted molar refractivity (Wildman–Crippen MR) is 79.6 cm³/mol. The minimum absolute atomic E-state index is 0.101. The zero-order valence-corrected chi connectivity index (χ0v) is 13.6. The van der Waals surface area contributed by atoms with Crippen molar-refractivity contribution in [1.29, 1.82) is 0 Å². The second-order valence-corrected chi connectivity index (χ2v) is 8.64. The highest BCUT2D eigenvalue weighted by molar-refractivity contribution is 7.89. The molecule has 8 heteroatoms. The smallest absolute Gasteiger partial charge is 0.217 e. The molecule has 1 aliphatic carbocycles. The van der Waals surface area contributed by atoms with E-state index in [1.807, 2.05) is 6.92 Å². The van der Waals surface area contributed by atoms with Crippen LogP contribution in [0, 0.1) is 12.8 Å². The van der Waals surface area contributed by atoms with Crippen molar-refractivity contribution in [3.63, 3.8) is 0 Å². The lowest BCUT2D eigenvalue weighted by molar-refractivity contribution is 0.0439. The van der Waals surface area contributed by atoms with Crippen LogP contribution in [0.2, 0.25) is 0 Å². The van der Waals surface area contributed by atoms with Crippen LogP contribution in [0.3, 0.4) is 0 Å². The van der Waals surface area contributed by atoms with Gasteiger partial charge in [-0.25, -0.2) is 18.1 Å². The second-order valence-electron chi connectivity index (χ2n) is 6.62. The van der Waals surface area contributed by atoms with E-state index in [9.17, 15) is 8.42 Å². The maximum absolute atomic E-state index is 12.6. The second kappa shape index (κ2) is 5.28. The monoisotopic (exact) mass is 326 g/mol. The summed E-state index contributed by atoms with van der Waals surface area (Å²) in [5, 5.41) is 4.27. The molecule has 2 atom stereocenters. The van der Waals surface area contributed by atoms with Gasteiger partial charge in [-0.1, -0.05) is 0 Å². The molecule has 0 aromatic carbocycles. The number of sulfonamides is 1. The van der Waals surface area contributed by atoms with Gasteiger partial charge in [-0.2, -0.15) is 9.40 Å². The highest BCUT2D eigenvalue weighted by atomic mass is 32.2. The molecule has 1 aromatic heterocycles. The van der Waals surface area contributed by atoms with Crippen molar-refractivity contribution in [2.24, 2.45) is 5.92 Å². The summed E-state index contributed by atoms with van der Waals surface area (Å²) in [4.78, 5) is 4.30. The van der Waals surface area contributed by atoms with Crippen LogP contribution < -0.4 is 0 Å². The summed E-state index contributed by atoms with van der Waals surface area (Å²) < 4.78 is 34.6. The molecular formula is C14H22N4O3S. The molecule has 4 rings (SSSR count). The molecule has 2 unspecified atom stereocenters. The van der Waals surface area contributed by atoms with Crippen molar-refractivity contribution in [2.45, 2.75) is 57.9 Å². The van der Waals surface area contributed by atoms with Gasteiger partial charge in [0.05, 0.1) is 31.1 Å². The lowest BCUT2D eigenvalue weighted by Gasteiger charge is -2.27. The van der Waals surface area contributed by atoms with Gasteiger partial charge in [0, 0.05) is 6.54 Å². The van der Waals surface area contributed by atoms with Crippen molar-refractivity contribution in [3.05, 3.63) is 11.6 Å². The fourth-order valence-corrected chi connectivity index (χ4v) is 5.08. The molecule has 3 heterocycles. The standard InChI is InChI=1S/C14H22N4O3S/c1-10-15-14-8-17(6-7-18(14)16-10)22(19,20)9-12-4-5-13(21-12)11-2-3-11/h11-13H,2-9H2,1H3. The topological polar surface area (TPSA) is 77.3 Å². The number of ether oxygens (including phenoxy) is 1. The van der Waals surface area contributed by atoms with E-state index < -0.39 is 10.0 Å². The Morgan fingerprint density at radius 2 is 2.05 bits per heavy atom. The fourth-order valence-electron chi connectivity index (χ4n) is 3.49. The van der Waals surface area contributed by atoms with E-state index in [0.29, 0.717) is 37.5 Å². The first-order valence-corrected chi connectivity index (χ1v) is 9.66. The van der Waals surface area contributed by atoms with Gasteiger partial charge in [-0.15, -0.1) is 0 Å². The molecular weight excluding hydrogens is 304 g/mol. The van der Waals surface area contributed by atoms with Gasteiger partial charge in [-0.3, -0.25) is 0 Å². The number of aromatic nitrogens is 3. The number of hydrogen-bond donors (Lipinski definition) is 0. The third kappa shape index (κ3) is 2.79. The normalized spacial score (nSPS) is 29.7. The van der Waals surface area contributed by atoms with Crippen LogP contribution in [-0.2, 0) is 27.8 Å². The van der Waals surface area contributed by atoms with E-state index in [4.69, 9.17) is 4.74 Å². The minimum atomic E-state index is -3.30. The molecule has 7 nitrogen and oxygen atoms in total. The minimum Gasteiger partial charge on any atom is -0.374 e. The van der Waals surface area contributed by atoms with E-state index in [-0.39, 0.29) is 11.9 Å². The first kappa shape index (κ1) is 14.6. The Morgan fingerprint density at radius 3 is 2.82 bits per heavy atom. The summed E-state index contributed by atoms with van der Waals surface area (Å²) in [6.07, 6.45) is 4.52. The first-order chi connectivity index (χ1) is 10.5. The highest BCUT2D eigenvalue weighted by Crippen LogP contribution is 2.40. The van der Waals surface area contributed by atoms with Crippen molar-refractivity contribution in [2.75, 3.05) is 12.3 Å². The molecule has 122 valence electrons. The van der Waals surface area contributed by atoms with E-state index >= 15 is 0 Å². The van der Waals surface area contributed by atoms with Crippen molar-refractivity contribution >= 4 is 10.0 Å². The van der Waals surface area contributed by atoms with Crippen LogP contribution in [0.15, 0.2) is 0 Å². The molecule has 0 bridgehead atoms. The molecule has 0 amide bonds. The van der Waals surface area contributed by atoms with Gasteiger partial charge in [-0.05, 0) is 38.5 Å². The average molecular weight is 326 g/mol. The average Bonchev–Trinajstić information content (AvgIpc) is 3.09. The molecule has 0 radical (unpaired) electrons. The van der Waals surface area contributed by atoms with E-state index in [1.165, 1.54) is 17.1 Å². The summed E-state index contributed by atoms with van der Waals surface area (Å²) in [7, 11) is -3.30. The summed E-state index contributed by atoms with van der Waals surface area (Å²) in [6.45, 7) is 3.19. The number of hydrogen-bond acceptors (Lipinski definition) is 5. The zero-order valence-electron chi connectivity index (χ0n) is 12.8. The van der Waals surface area contributed by atoms with Crippen molar-refractivity contribution in [1.82, 2.24) is 19.1 Å². The molecule has 1 saturated carbocycles. The Bertz CT molecular complexity index is 668. The first-order valence-electron chi connectivity index (χ1n) is 8.05. The third-order valence-electron chi connectivity index (χ3n) is 4.81. The van der Waals surface area contributed by atoms with E-state index in [2.05, 4.69) is 10.1 Å². The summed E-state index contributed by atoms with van der Waals surface area (Å²) in [5.74, 6) is 2.21. The summed E-state index contributed by atoms with van der Waals surface area (Å²) in [5.41, 5.74) is 0. The van der Waals surface area contributed by atoms with Gasteiger partial charge in [0.15, 0.2) is 0 Å².